The van der Waals surface area contributed by atoms with Gasteiger partial charge in [0, 0.05) is 6.07 Å². The SMILES string of the molecule is COc1ccc(NC(=O)c2cc(Cl)nnc2Cl)c(OC)c1. The Morgan fingerprint density at radius 1 is 1.14 bits per heavy atom. The van der Waals surface area contributed by atoms with Crippen LogP contribution in [0.2, 0.25) is 10.3 Å². The Balaban J connectivity index is 2.29. The third-order valence-corrected chi connectivity index (χ3v) is 3.08. The van der Waals surface area contributed by atoms with Crippen LogP contribution in [0.1, 0.15) is 10.4 Å². The lowest BCUT2D eigenvalue weighted by Crippen LogP contribution is -2.14. The van der Waals surface area contributed by atoms with Crippen LogP contribution in [0, 0.1) is 0 Å². The minimum atomic E-state index is -0.472. The fourth-order valence-corrected chi connectivity index (χ4v) is 1.93. The summed E-state index contributed by atoms with van der Waals surface area (Å²) in [6, 6.07) is 6.33. The Labute approximate surface area is 131 Å². The number of hydrogen-bond donors (Lipinski definition) is 1. The van der Waals surface area contributed by atoms with E-state index in [-0.39, 0.29) is 15.9 Å². The quantitative estimate of drug-likeness (QED) is 0.934. The number of ether oxygens (including phenoxy) is 2. The maximum absolute atomic E-state index is 12.2. The second-order valence-electron chi connectivity index (χ2n) is 3.89. The second kappa shape index (κ2) is 6.60. The molecule has 8 heteroatoms. The minimum Gasteiger partial charge on any atom is -0.497 e. The van der Waals surface area contributed by atoms with Gasteiger partial charge in [-0.3, -0.25) is 4.79 Å². The van der Waals surface area contributed by atoms with E-state index >= 15 is 0 Å². The van der Waals surface area contributed by atoms with Crippen LogP contribution in [0.4, 0.5) is 5.69 Å². The van der Waals surface area contributed by atoms with Gasteiger partial charge in [-0.25, -0.2) is 0 Å². The summed E-state index contributed by atoms with van der Waals surface area (Å²) in [6.07, 6.45) is 0. The predicted molar refractivity (Wildman–Crippen MR) is 79.6 cm³/mol. The molecular weight excluding hydrogens is 317 g/mol. The molecule has 0 aliphatic heterocycles. The molecule has 110 valence electrons. The zero-order valence-corrected chi connectivity index (χ0v) is 12.7. The van der Waals surface area contributed by atoms with Crippen LogP contribution < -0.4 is 14.8 Å². The maximum atomic E-state index is 12.2. The summed E-state index contributed by atoms with van der Waals surface area (Å²) in [5.74, 6) is 0.587. The van der Waals surface area contributed by atoms with Crippen LogP contribution in [-0.4, -0.2) is 30.3 Å². The van der Waals surface area contributed by atoms with E-state index in [1.54, 1.807) is 18.2 Å². The summed E-state index contributed by atoms with van der Waals surface area (Å²) in [5.41, 5.74) is 0.585. The number of anilines is 1. The van der Waals surface area contributed by atoms with Gasteiger partial charge < -0.3 is 14.8 Å². The monoisotopic (exact) mass is 327 g/mol. The van der Waals surface area contributed by atoms with Gasteiger partial charge in [0.2, 0.25) is 0 Å². The van der Waals surface area contributed by atoms with Crippen molar-refractivity contribution in [2.75, 3.05) is 19.5 Å². The lowest BCUT2D eigenvalue weighted by atomic mass is 10.2. The molecule has 0 atom stereocenters. The first-order chi connectivity index (χ1) is 10.0. The van der Waals surface area contributed by atoms with Crippen LogP contribution in [0.3, 0.4) is 0 Å². The molecule has 2 aromatic rings. The van der Waals surface area contributed by atoms with Crippen molar-refractivity contribution >= 4 is 34.8 Å². The molecular formula is C13H11Cl2N3O3. The van der Waals surface area contributed by atoms with E-state index in [2.05, 4.69) is 15.5 Å². The number of aromatic nitrogens is 2. The van der Waals surface area contributed by atoms with Crippen molar-refractivity contribution in [3.63, 3.8) is 0 Å². The largest absolute Gasteiger partial charge is 0.497 e. The number of amides is 1. The highest BCUT2D eigenvalue weighted by molar-refractivity contribution is 6.34. The van der Waals surface area contributed by atoms with Gasteiger partial charge in [-0.05, 0) is 18.2 Å². The van der Waals surface area contributed by atoms with Crippen LogP contribution >= 0.6 is 23.2 Å². The first-order valence-electron chi connectivity index (χ1n) is 5.77. The van der Waals surface area contributed by atoms with Crippen LogP contribution in [0.25, 0.3) is 0 Å². The summed E-state index contributed by atoms with van der Waals surface area (Å²) in [6.45, 7) is 0. The summed E-state index contributed by atoms with van der Waals surface area (Å²) in [7, 11) is 3.03. The summed E-state index contributed by atoms with van der Waals surface area (Å²) < 4.78 is 10.3. The fraction of sp³-hybridized carbons (Fsp3) is 0.154. The van der Waals surface area contributed by atoms with E-state index in [4.69, 9.17) is 32.7 Å². The number of carbonyl (C=O) groups is 1. The smallest absolute Gasteiger partial charge is 0.259 e. The molecule has 0 spiro atoms. The maximum Gasteiger partial charge on any atom is 0.259 e. The van der Waals surface area contributed by atoms with Crippen molar-refractivity contribution in [3.8, 4) is 11.5 Å². The number of rotatable bonds is 4. The van der Waals surface area contributed by atoms with Crippen molar-refractivity contribution in [2.24, 2.45) is 0 Å². The average Bonchev–Trinajstić information content (AvgIpc) is 2.49. The molecule has 6 nitrogen and oxygen atoms in total. The Bertz CT molecular complexity index is 680. The number of halogens is 2. The van der Waals surface area contributed by atoms with Crippen LogP contribution in [0.5, 0.6) is 11.5 Å². The van der Waals surface area contributed by atoms with E-state index in [1.807, 2.05) is 0 Å². The molecule has 1 amide bonds. The molecule has 0 fully saturated rings. The topological polar surface area (TPSA) is 73.3 Å². The Morgan fingerprint density at radius 3 is 2.57 bits per heavy atom. The van der Waals surface area contributed by atoms with Crippen molar-refractivity contribution in [3.05, 3.63) is 40.1 Å². The zero-order valence-electron chi connectivity index (χ0n) is 11.2. The summed E-state index contributed by atoms with van der Waals surface area (Å²) in [5, 5.41) is 9.83. The Kier molecular flexibility index (Phi) is 4.82. The standard InChI is InChI=1S/C13H11Cl2N3O3/c1-20-7-3-4-9(10(5-7)21-2)16-13(19)8-6-11(14)17-18-12(8)15/h3-6H,1-2H3,(H,16,19). The van der Waals surface area contributed by atoms with Gasteiger partial charge in [-0.15, -0.1) is 10.2 Å². The highest BCUT2D eigenvalue weighted by atomic mass is 35.5. The molecule has 1 heterocycles. The van der Waals surface area contributed by atoms with E-state index in [0.29, 0.717) is 17.2 Å². The third kappa shape index (κ3) is 3.53. The molecule has 0 radical (unpaired) electrons. The molecule has 0 unspecified atom stereocenters. The number of nitrogens with zero attached hydrogens (tertiary/aromatic N) is 2. The van der Waals surface area contributed by atoms with Crippen molar-refractivity contribution < 1.29 is 14.3 Å². The number of hydrogen-bond acceptors (Lipinski definition) is 5. The van der Waals surface area contributed by atoms with Gasteiger partial charge in [0.15, 0.2) is 10.3 Å². The molecule has 1 aromatic heterocycles. The van der Waals surface area contributed by atoms with Crippen molar-refractivity contribution in [2.45, 2.75) is 0 Å². The van der Waals surface area contributed by atoms with Crippen LogP contribution in [0.15, 0.2) is 24.3 Å². The fourth-order valence-electron chi connectivity index (χ4n) is 1.60. The van der Waals surface area contributed by atoms with Gasteiger partial charge in [0.25, 0.3) is 5.91 Å². The minimum absolute atomic E-state index is 0.0376. The number of carbonyl (C=O) groups excluding carboxylic acids is 1. The van der Waals surface area contributed by atoms with Gasteiger partial charge in [0.1, 0.15) is 11.5 Å². The number of nitrogens with one attached hydrogen (secondary N) is 1. The first kappa shape index (κ1) is 15.3. The van der Waals surface area contributed by atoms with E-state index in [0.717, 1.165) is 0 Å². The van der Waals surface area contributed by atoms with Gasteiger partial charge in [0.05, 0.1) is 25.5 Å². The Morgan fingerprint density at radius 2 is 1.90 bits per heavy atom. The van der Waals surface area contributed by atoms with E-state index < -0.39 is 5.91 Å². The number of methoxy groups -OCH3 is 2. The number of benzene rings is 1. The predicted octanol–water partition coefficient (Wildman–Crippen LogP) is 3.05. The van der Waals surface area contributed by atoms with Gasteiger partial charge in [-0.2, -0.15) is 0 Å². The van der Waals surface area contributed by atoms with Crippen LogP contribution in [-0.2, 0) is 0 Å². The van der Waals surface area contributed by atoms with E-state index in [9.17, 15) is 4.79 Å². The second-order valence-corrected chi connectivity index (χ2v) is 4.64. The summed E-state index contributed by atoms with van der Waals surface area (Å²) in [4.78, 5) is 12.2. The molecule has 0 saturated heterocycles. The average molecular weight is 328 g/mol. The first-order valence-corrected chi connectivity index (χ1v) is 6.53. The molecule has 0 bridgehead atoms. The Hall–Kier alpha value is -2.05. The van der Waals surface area contributed by atoms with Crippen molar-refractivity contribution in [1.82, 2.24) is 10.2 Å². The van der Waals surface area contributed by atoms with Gasteiger partial charge >= 0.3 is 0 Å². The molecule has 1 aromatic carbocycles. The molecule has 0 aliphatic carbocycles. The third-order valence-electron chi connectivity index (χ3n) is 2.62. The summed E-state index contributed by atoms with van der Waals surface area (Å²) >= 11 is 11.5. The molecule has 1 N–H and O–H groups in total. The van der Waals surface area contributed by atoms with Gasteiger partial charge in [-0.1, -0.05) is 23.2 Å². The lowest BCUT2D eigenvalue weighted by molar-refractivity contribution is 0.102. The molecule has 2 rings (SSSR count). The normalized spacial score (nSPS) is 10.1. The zero-order chi connectivity index (χ0) is 15.4. The molecule has 0 aliphatic rings. The molecule has 21 heavy (non-hydrogen) atoms. The van der Waals surface area contributed by atoms with Crippen molar-refractivity contribution in [1.29, 1.82) is 0 Å². The highest BCUT2D eigenvalue weighted by Crippen LogP contribution is 2.29. The molecule has 0 saturated carbocycles. The van der Waals surface area contributed by atoms with E-state index in [1.165, 1.54) is 20.3 Å². The lowest BCUT2D eigenvalue weighted by Gasteiger charge is -2.12. The highest BCUT2D eigenvalue weighted by Gasteiger charge is 2.15.